The first-order valence-corrected chi connectivity index (χ1v) is 4.88. The molecule has 0 saturated carbocycles. The second-order valence-corrected chi connectivity index (χ2v) is 2.80. The predicted octanol–water partition coefficient (Wildman–Crippen LogP) is 3.71. The Balaban J connectivity index is 4.87. The normalized spacial score (nSPS) is 14.2. The minimum atomic E-state index is 1.04. The topological polar surface area (TPSA) is 12.4 Å². The number of hydrogen-bond donors (Lipinski definition) is 0. The van der Waals surface area contributed by atoms with Crippen molar-refractivity contribution in [1.82, 2.24) is 0 Å². The van der Waals surface area contributed by atoms with Gasteiger partial charge in [0.1, 0.15) is 0 Å². The van der Waals surface area contributed by atoms with Gasteiger partial charge in [-0.1, -0.05) is 43.9 Å². The molecule has 0 fully saturated rings. The largest absolute Gasteiger partial charge is 0.296 e. The fraction of sp³-hybridized carbons (Fsp3) is 0.308. The molecule has 0 bridgehead atoms. The standard InChI is InChI=1S/C13H19N/c1-5-8-10-12(7-3)13(9-6-2)11-14-4/h6-11H,2,5H2,1,3-4H3/b10-8+,12-7-,13-9-,14-11?. The molecule has 0 amide bonds. The summed E-state index contributed by atoms with van der Waals surface area (Å²) in [7, 11) is 1.77. The monoisotopic (exact) mass is 189 g/mol. The van der Waals surface area contributed by atoms with Gasteiger partial charge in [-0.3, -0.25) is 4.99 Å². The Hall–Kier alpha value is -1.37. The van der Waals surface area contributed by atoms with Crippen molar-refractivity contribution >= 4 is 6.21 Å². The Morgan fingerprint density at radius 2 is 2.07 bits per heavy atom. The molecule has 0 unspecified atom stereocenters. The van der Waals surface area contributed by atoms with E-state index in [0.717, 1.165) is 12.0 Å². The van der Waals surface area contributed by atoms with Gasteiger partial charge in [0.2, 0.25) is 0 Å². The van der Waals surface area contributed by atoms with E-state index in [4.69, 9.17) is 0 Å². The Bertz CT molecular complexity index is 278. The zero-order valence-corrected chi connectivity index (χ0v) is 9.33. The van der Waals surface area contributed by atoms with Crippen molar-refractivity contribution in [1.29, 1.82) is 0 Å². The molecular formula is C13H19N. The average molecular weight is 189 g/mol. The van der Waals surface area contributed by atoms with E-state index in [2.05, 4.69) is 36.7 Å². The average Bonchev–Trinajstić information content (AvgIpc) is 2.19. The molecule has 1 nitrogen and oxygen atoms in total. The highest BCUT2D eigenvalue weighted by Gasteiger charge is 1.95. The van der Waals surface area contributed by atoms with Crippen LogP contribution in [0.15, 0.2) is 53.1 Å². The maximum absolute atomic E-state index is 4.02. The van der Waals surface area contributed by atoms with Crippen LogP contribution in [0.5, 0.6) is 0 Å². The Morgan fingerprint density at radius 3 is 2.50 bits per heavy atom. The van der Waals surface area contributed by atoms with Crippen molar-refractivity contribution in [2.24, 2.45) is 4.99 Å². The van der Waals surface area contributed by atoms with E-state index in [1.54, 1.807) is 13.1 Å². The van der Waals surface area contributed by atoms with Gasteiger partial charge in [0.25, 0.3) is 0 Å². The molecule has 0 aromatic rings. The van der Waals surface area contributed by atoms with Crippen molar-refractivity contribution in [2.75, 3.05) is 7.05 Å². The lowest BCUT2D eigenvalue weighted by molar-refractivity contribution is 1.22. The molecule has 0 heterocycles. The molecule has 0 spiro atoms. The summed E-state index contributed by atoms with van der Waals surface area (Å²) in [6, 6.07) is 0. The Kier molecular flexibility index (Phi) is 7.43. The third-order valence-corrected chi connectivity index (χ3v) is 1.74. The van der Waals surface area contributed by atoms with Crippen molar-refractivity contribution in [3.8, 4) is 0 Å². The lowest BCUT2D eigenvalue weighted by atomic mass is 10.1. The molecule has 0 aromatic carbocycles. The molecular weight excluding hydrogens is 170 g/mol. The Morgan fingerprint density at radius 1 is 1.36 bits per heavy atom. The van der Waals surface area contributed by atoms with Crippen LogP contribution < -0.4 is 0 Å². The van der Waals surface area contributed by atoms with E-state index >= 15 is 0 Å². The number of aliphatic imine (C=N–C) groups is 1. The van der Waals surface area contributed by atoms with Gasteiger partial charge in [-0.25, -0.2) is 0 Å². The summed E-state index contributed by atoms with van der Waals surface area (Å²) in [5.41, 5.74) is 2.27. The van der Waals surface area contributed by atoms with E-state index in [-0.39, 0.29) is 0 Å². The number of hydrogen-bond acceptors (Lipinski definition) is 1. The fourth-order valence-electron chi connectivity index (χ4n) is 1.08. The van der Waals surface area contributed by atoms with Crippen LogP contribution >= 0.6 is 0 Å². The number of allylic oxidation sites excluding steroid dienone is 7. The molecule has 0 saturated heterocycles. The highest BCUT2D eigenvalue weighted by atomic mass is 14.6. The molecule has 1 heteroatoms. The van der Waals surface area contributed by atoms with Crippen molar-refractivity contribution in [2.45, 2.75) is 20.3 Å². The third-order valence-electron chi connectivity index (χ3n) is 1.74. The fourth-order valence-corrected chi connectivity index (χ4v) is 1.08. The lowest BCUT2D eigenvalue weighted by Gasteiger charge is -2.00. The van der Waals surface area contributed by atoms with Gasteiger partial charge < -0.3 is 0 Å². The van der Waals surface area contributed by atoms with Gasteiger partial charge in [0.15, 0.2) is 0 Å². The van der Waals surface area contributed by atoms with Crippen LogP contribution in [0.25, 0.3) is 0 Å². The van der Waals surface area contributed by atoms with Crippen LogP contribution in [0.1, 0.15) is 20.3 Å². The van der Waals surface area contributed by atoms with Crippen LogP contribution in [0.2, 0.25) is 0 Å². The van der Waals surface area contributed by atoms with Gasteiger partial charge in [0.05, 0.1) is 0 Å². The summed E-state index contributed by atoms with van der Waals surface area (Å²) in [5.74, 6) is 0. The third kappa shape index (κ3) is 4.61. The first-order chi connectivity index (χ1) is 6.79. The summed E-state index contributed by atoms with van der Waals surface area (Å²) in [4.78, 5) is 4.02. The van der Waals surface area contributed by atoms with Gasteiger partial charge in [0, 0.05) is 13.3 Å². The molecule has 0 rings (SSSR count). The molecule has 0 N–H and O–H groups in total. The van der Waals surface area contributed by atoms with E-state index in [9.17, 15) is 0 Å². The number of rotatable bonds is 5. The summed E-state index contributed by atoms with van der Waals surface area (Å²) in [6.07, 6.45) is 12.9. The second-order valence-electron chi connectivity index (χ2n) is 2.80. The lowest BCUT2D eigenvalue weighted by Crippen LogP contribution is -1.88. The molecule has 0 atom stereocenters. The zero-order chi connectivity index (χ0) is 10.8. The maximum Gasteiger partial charge on any atom is 0.0287 e. The van der Waals surface area contributed by atoms with E-state index in [1.165, 1.54) is 5.57 Å². The predicted molar refractivity (Wildman–Crippen MR) is 65.9 cm³/mol. The minimum absolute atomic E-state index is 1.04. The smallest absolute Gasteiger partial charge is 0.0287 e. The van der Waals surface area contributed by atoms with Gasteiger partial charge in [-0.2, -0.15) is 0 Å². The van der Waals surface area contributed by atoms with Crippen LogP contribution in [0.4, 0.5) is 0 Å². The summed E-state index contributed by atoms with van der Waals surface area (Å²) in [6.45, 7) is 7.83. The SMILES string of the molecule is C=C\C=C(C=NC)/C(=C\C)/C=C/CC. The molecule has 76 valence electrons. The van der Waals surface area contributed by atoms with Crippen molar-refractivity contribution in [3.63, 3.8) is 0 Å². The minimum Gasteiger partial charge on any atom is -0.296 e. The molecule has 0 aliphatic rings. The van der Waals surface area contributed by atoms with Crippen LogP contribution in [-0.2, 0) is 0 Å². The quantitative estimate of drug-likeness (QED) is 0.462. The van der Waals surface area contributed by atoms with Crippen LogP contribution in [0, 0.1) is 0 Å². The highest BCUT2D eigenvalue weighted by molar-refractivity contribution is 5.86. The Labute approximate surface area is 87.3 Å². The van der Waals surface area contributed by atoms with Crippen molar-refractivity contribution < 1.29 is 0 Å². The molecule has 0 aliphatic carbocycles. The van der Waals surface area contributed by atoms with Gasteiger partial charge >= 0.3 is 0 Å². The summed E-state index contributed by atoms with van der Waals surface area (Å²) >= 11 is 0. The van der Waals surface area contributed by atoms with Crippen LogP contribution in [0.3, 0.4) is 0 Å². The van der Waals surface area contributed by atoms with Crippen LogP contribution in [-0.4, -0.2) is 13.3 Å². The highest BCUT2D eigenvalue weighted by Crippen LogP contribution is 2.10. The first kappa shape index (κ1) is 12.6. The van der Waals surface area contributed by atoms with E-state index < -0.39 is 0 Å². The molecule has 14 heavy (non-hydrogen) atoms. The van der Waals surface area contributed by atoms with Gasteiger partial charge in [-0.15, -0.1) is 0 Å². The molecule has 0 aliphatic heterocycles. The molecule has 0 radical (unpaired) electrons. The first-order valence-electron chi connectivity index (χ1n) is 4.88. The second kappa shape index (κ2) is 8.24. The zero-order valence-electron chi connectivity index (χ0n) is 9.33. The number of nitrogens with zero attached hydrogens (tertiary/aromatic N) is 1. The van der Waals surface area contributed by atoms with E-state index in [0.29, 0.717) is 0 Å². The summed E-state index contributed by atoms with van der Waals surface area (Å²) < 4.78 is 0. The van der Waals surface area contributed by atoms with Gasteiger partial charge in [-0.05, 0) is 24.5 Å². The summed E-state index contributed by atoms with van der Waals surface area (Å²) in [5, 5.41) is 0. The molecule has 0 aromatic heterocycles. The maximum atomic E-state index is 4.02. The van der Waals surface area contributed by atoms with Crippen molar-refractivity contribution in [3.05, 3.63) is 48.1 Å². The van der Waals surface area contributed by atoms with E-state index in [1.807, 2.05) is 19.2 Å².